The van der Waals surface area contributed by atoms with Crippen molar-refractivity contribution in [2.45, 2.75) is 59.2 Å². The van der Waals surface area contributed by atoms with Crippen LogP contribution in [-0.2, 0) is 4.74 Å². The van der Waals surface area contributed by atoms with Gasteiger partial charge in [-0.3, -0.25) is 0 Å². The van der Waals surface area contributed by atoms with E-state index in [1.54, 1.807) is 0 Å². The molecule has 0 heterocycles. The standard InChI is InChI=1S/C23H32O5/c1-14(2)22-19(25)11-15(3)7-6-8-16(4)12-21(22)28-23(26)17-9-10-18(24)20(13-17)27-5/h8-11,13-14,19,21-22,24-25H,6-7,12H2,1-5H3/b15-11+,16-8-/t19-,21?,22?/m1/s1. The Bertz CT molecular complexity index is 747. The van der Waals surface area contributed by atoms with Crippen molar-refractivity contribution in [3.8, 4) is 11.5 Å². The Morgan fingerprint density at radius 1 is 1.21 bits per heavy atom. The van der Waals surface area contributed by atoms with E-state index in [4.69, 9.17) is 9.47 Å². The van der Waals surface area contributed by atoms with Crippen LogP contribution in [0.25, 0.3) is 0 Å². The molecule has 2 rings (SSSR count). The molecule has 0 saturated heterocycles. The molecular formula is C23H32O5. The minimum Gasteiger partial charge on any atom is -0.504 e. The van der Waals surface area contributed by atoms with Crippen LogP contribution in [-0.4, -0.2) is 35.5 Å². The molecule has 5 nitrogen and oxygen atoms in total. The third-order valence-corrected chi connectivity index (χ3v) is 5.28. The average molecular weight is 389 g/mol. The van der Waals surface area contributed by atoms with Crippen molar-refractivity contribution in [2.24, 2.45) is 11.8 Å². The number of methoxy groups -OCH3 is 1. The highest BCUT2D eigenvalue weighted by atomic mass is 16.5. The Hall–Kier alpha value is -2.27. The van der Waals surface area contributed by atoms with E-state index in [9.17, 15) is 15.0 Å². The monoisotopic (exact) mass is 388 g/mol. The molecule has 0 bridgehead atoms. The van der Waals surface area contributed by atoms with Gasteiger partial charge in [0.2, 0.25) is 0 Å². The molecule has 1 aliphatic carbocycles. The van der Waals surface area contributed by atoms with Crippen LogP contribution in [0.2, 0.25) is 0 Å². The maximum atomic E-state index is 12.8. The number of phenolic OH excluding ortho intramolecular Hbond substituents is 1. The highest BCUT2D eigenvalue weighted by Gasteiger charge is 2.33. The van der Waals surface area contributed by atoms with E-state index in [-0.39, 0.29) is 23.3 Å². The first-order chi connectivity index (χ1) is 13.2. The first kappa shape index (κ1) is 22.0. The van der Waals surface area contributed by atoms with Gasteiger partial charge in [0, 0.05) is 12.3 Å². The third-order valence-electron chi connectivity index (χ3n) is 5.28. The first-order valence-electron chi connectivity index (χ1n) is 9.82. The van der Waals surface area contributed by atoms with Gasteiger partial charge in [-0.2, -0.15) is 0 Å². The fourth-order valence-corrected chi connectivity index (χ4v) is 3.74. The van der Waals surface area contributed by atoms with E-state index in [0.717, 1.165) is 24.0 Å². The molecule has 5 heteroatoms. The van der Waals surface area contributed by atoms with Gasteiger partial charge in [-0.05, 0) is 50.8 Å². The van der Waals surface area contributed by atoms with Gasteiger partial charge in [0.25, 0.3) is 0 Å². The summed E-state index contributed by atoms with van der Waals surface area (Å²) in [6, 6.07) is 4.38. The summed E-state index contributed by atoms with van der Waals surface area (Å²) >= 11 is 0. The first-order valence-corrected chi connectivity index (χ1v) is 9.82. The summed E-state index contributed by atoms with van der Waals surface area (Å²) < 4.78 is 11.0. The van der Waals surface area contributed by atoms with Gasteiger partial charge in [0.05, 0.1) is 18.8 Å². The second-order valence-corrected chi connectivity index (χ2v) is 7.95. The van der Waals surface area contributed by atoms with Crippen LogP contribution in [0.4, 0.5) is 0 Å². The van der Waals surface area contributed by atoms with Gasteiger partial charge >= 0.3 is 5.97 Å². The fourth-order valence-electron chi connectivity index (χ4n) is 3.74. The Kier molecular flexibility index (Phi) is 7.69. The minimum atomic E-state index is -0.682. The minimum absolute atomic E-state index is 0.0346. The lowest BCUT2D eigenvalue weighted by molar-refractivity contribution is -0.0217. The van der Waals surface area contributed by atoms with Crippen molar-refractivity contribution in [3.05, 3.63) is 47.1 Å². The summed E-state index contributed by atoms with van der Waals surface area (Å²) in [5, 5.41) is 20.6. The quantitative estimate of drug-likeness (QED) is 0.581. The van der Waals surface area contributed by atoms with Crippen molar-refractivity contribution >= 4 is 5.97 Å². The highest BCUT2D eigenvalue weighted by molar-refractivity contribution is 5.90. The largest absolute Gasteiger partial charge is 0.504 e. The molecule has 0 amide bonds. The molecule has 1 aliphatic rings. The molecule has 2 N–H and O–H groups in total. The van der Waals surface area contributed by atoms with Crippen molar-refractivity contribution < 1.29 is 24.5 Å². The maximum Gasteiger partial charge on any atom is 0.338 e. The number of aromatic hydroxyl groups is 1. The second-order valence-electron chi connectivity index (χ2n) is 7.95. The lowest BCUT2D eigenvalue weighted by Crippen LogP contribution is -2.38. The molecule has 0 aromatic heterocycles. The van der Waals surface area contributed by atoms with Crippen LogP contribution < -0.4 is 4.74 Å². The number of allylic oxidation sites excluding steroid dienone is 2. The van der Waals surface area contributed by atoms with E-state index < -0.39 is 18.2 Å². The third kappa shape index (κ3) is 5.61. The van der Waals surface area contributed by atoms with Crippen molar-refractivity contribution in [1.82, 2.24) is 0 Å². The smallest absolute Gasteiger partial charge is 0.338 e. The highest BCUT2D eigenvalue weighted by Crippen LogP contribution is 2.31. The summed E-state index contributed by atoms with van der Waals surface area (Å²) in [7, 11) is 1.43. The zero-order valence-corrected chi connectivity index (χ0v) is 17.4. The fraction of sp³-hybridized carbons (Fsp3) is 0.522. The van der Waals surface area contributed by atoms with Gasteiger partial charge < -0.3 is 19.7 Å². The molecule has 28 heavy (non-hydrogen) atoms. The SMILES string of the molecule is COc1cc(C(=O)OC2C/C(C)=C\CC/C(C)=C/[C@@H](O)C2C(C)C)ccc1O. The van der Waals surface area contributed by atoms with Gasteiger partial charge in [-0.25, -0.2) is 4.79 Å². The van der Waals surface area contributed by atoms with E-state index in [2.05, 4.69) is 6.08 Å². The van der Waals surface area contributed by atoms with Crippen molar-refractivity contribution in [1.29, 1.82) is 0 Å². The number of hydrogen-bond acceptors (Lipinski definition) is 5. The van der Waals surface area contributed by atoms with Crippen molar-refractivity contribution in [2.75, 3.05) is 7.11 Å². The lowest BCUT2D eigenvalue weighted by Gasteiger charge is -2.33. The lowest BCUT2D eigenvalue weighted by atomic mass is 9.81. The number of carbonyl (C=O) groups excluding carboxylic acids is 1. The predicted octanol–water partition coefficient (Wildman–Crippen LogP) is 4.64. The predicted molar refractivity (Wildman–Crippen MR) is 110 cm³/mol. The molecule has 0 radical (unpaired) electrons. The van der Waals surface area contributed by atoms with E-state index in [1.807, 2.05) is 33.8 Å². The Morgan fingerprint density at radius 3 is 2.57 bits per heavy atom. The molecule has 3 atom stereocenters. The number of carbonyl (C=O) groups is 1. The number of esters is 1. The normalized spacial score (nSPS) is 27.3. The molecule has 0 spiro atoms. The van der Waals surface area contributed by atoms with Crippen molar-refractivity contribution in [3.63, 3.8) is 0 Å². The van der Waals surface area contributed by atoms with E-state index in [0.29, 0.717) is 12.0 Å². The number of phenols is 1. The zero-order chi connectivity index (χ0) is 20.8. The Morgan fingerprint density at radius 2 is 1.93 bits per heavy atom. The average Bonchev–Trinajstić information content (AvgIpc) is 2.61. The van der Waals surface area contributed by atoms with Crippen LogP contribution in [0.3, 0.4) is 0 Å². The van der Waals surface area contributed by atoms with E-state index in [1.165, 1.54) is 25.3 Å². The molecule has 154 valence electrons. The van der Waals surface area contributed by atoms with E-state index >= 15 is 0 Å². The van der Waals surface area contributed by atoms with Gasteiger partial charge in [0.15, 0.2) is 11.5 Å². The number of rotatable bonds is 4. The van der Waals surface area contributed by atoms with Crippen LogP contribution in [0.15, 0.2) is 41.5 Å². The topological polar surface area (TPSA) is 76.0 Å². The van der Waals surface area contributed by atoms with Gasteiger partial charge in [-0.15, -0.1) is 0 Å². The van der Waals surface area contributed by atoms with Gasteiger partial charge in [0.1, 0.15) is 6.10 Å². The summed E-state index contributed by atoms with van der Waals surface area (Å²) in [6.07, 6.45) is 5.33. The molecule has 2 unspecified atom stereocenters. The Balaban J connectivity index is 2.33. The number of hydrogen-bond donors (Lipinski definition) is 2. The molecule has 1 aromatic carbocycles. The van der Waals surface area contributed by atoms with Crippen LogP contribution in [0, 0.1) is 11.8 Å². The molecule has 0 fully saturated rings. The van der Waals surface area contributed by atoms with Gasteiger partial charge in [-0.1, -0.05) is 37.1 Å². The maximum absolute atomic E-state index is 12.8. The number of aliphatic hydroxyl groups excluding tert-OH is 1. The van der Waals surface area contributed by atoms with Crippen LogP contribution in [0.5, 0.6) is 11.5 Å². The molecular weight excluding hydrogens is 356 g/mol. The number of ether oxygens (including phenoxy) is 2. The molecule has 0 saturated carbocycles. The number of benzene rings is 1. The zero-order valence-electron chi connectivity index (χ0n) is 17.4. The van der Waals surface area contributed by atoms with Crippen LogP contribution >= 0.6 is 0 Å². The Labute approximate surface area is 167 Å². The second kappa shape index (κ2) is 9.78. The summed E-state index contributed by atoms with van der Waals surface area (Å²) in [6.45, 7) is 8.13. The molecule has 1 aromatic rings. The summed E-state index contributed by atoms with van der Waals surface area (Å²) in [4.78, 5) is 12.8. The summed E-state index contributed by atoms with van der Waals surface area (Å²) in [5.74, 6) is -0.410. The number of aliphatic hydroxyl groups is 1. The molecule has 0 aliphatic heterocycles. The van der Waals surface area contributed by atoms with Crippen LogP contribution in [0.1, 0.15) is 57.3 Å². The summed E-state index contributed by atoms with van der Waals surface area (Å²) in [5.41, 5.74) is 2.59.